The van der Waals surface area contributed by atoms with Crippen molar-refractivity contribution in [3.63, 3.8) is 0 Å². The van der Waals surface area contributed by atoms with E-state index in [-0.39, 0.29) is 17.0 Å². The Kier molecular flexibility index (Phi) is 6.16. The number of alkyl halides is 3. The summed E-state index contributed by atoms with van der Waals surface area (Å²) in [5.41, 5.74) is -1.40. The van der Waals surface area contributed by atoms with E-state index >= 15 is 0 Å². The smallest absolute Gasteiger partial charge is 0.379 e. The highest BCUT2D eigenvalue weighted by molar-refractivity contribution is 7.87. The first kappa shape index (κ1) is 22.7. The van der Waals surface area contributed by atoms with Gasteiger partial charge in [-0.2, -0.15) is 21.6 Å². The van der Waals surface area contributed by atoms with Crippen molar-refractivity contribution < 1.29 is 35.5 Å². The minimum absolute atomic E-state index is 0.0301. The van der Waals surface area contributed by atoms with E-state index in [4.69, 9.17) is 4.18 Å². The summed E-state index contributed by atoms with van der Waals surface area (Å²) < 4.78 is 67.9. The predicted molar refractivity (Wildman–Crippen MR) is 107 cm³/mol. The number of rotatable bonds is 6. The van der Waals surface area contributed by atoms with Crippen LogP contribution in [-0.4, -0.2) is 19.2 Å². The molecule has 0 spiro atoms. The van der Waals surface area contributed by atoms with Crippen molar-refractivity contribution in [2.75, 3.05) is 5.32 Å². The highest BCUT2D eigenvalue weighted by Crippen LogP contribution is 2.31. The van der Waals surface area contributed by atoms with Crippen LogP contribution in [0.3, 0.4) is 0 Å². The van der Waals surface area contributed by atoms with E-state index in [1.54, 1.807) is 0 Å². The monoisotopic (exact) mass is 466 g/mol. The SMILES string of the molecule is O=C(Nc1cccc(C(F)(F)F)c1)c1ccc(OS(=O)(=O)c2cccc([N+](=O)[O-])c2)cc1. The molecule has 8 nitrogen and oxygen atoms in total. The summed E-state index contributed by atoms with van der Waals surface area (Å²) in [6.07, 6.45) is -4.57. The van der Waals surface area contributed by atoms with E-state index in [2.05, 4.69) is 5.32 Å². The van der Waals surface area contributed by atoms with Crippen molar-refractivity contribution in [1.82, 2.24) is 0 Å². The first-order valence-electron chi connectivity index (χ1n) is 8.73. The molecular weight excluding hydrogens is 453 g/mol. The Morgan fingerprint density at radius 3 is 2.25 bits per heavy atom. The van der Waals surface area contributed by atoms with Crippen LogP contribution in [0.2, 0.25) is 0 Å². The van der Waals surface area contributed by atoms with Gasteiger partial charge in [-0.05, 0) is 48.5 Å². The van der Waals surface area contributed by atoms with Gasteiger partial charge in [0.1, 0.15) is 10.6 Å². The van der Waals surface area contributed by atoms with E-state index < -0.39 is 43.3 Å². The van der Waals surface area contributed by atoms with Gasteiger partial charge in [0.15, 0.2) is 0 Å². The standard InChI is InChI=1S/C20H13F3N2O6S/c21-20(22,23)14-3-1-4-15(11-14)24-19(26)13-7-9-17(10-8-13)31-32(29,30)18-6-2-5-16(12-18)25(27)28/h1-12H,(H,24,26). The molecule has 12 heteroatoms. The van der Waals surface area contributed by atoms with Gasteiger partial charge < -0.3 is 9.50 Å². The van der Waals surface area contributed by atoms with Crippen molar-refractivity contribution in [3.8, 4) is 5.75 Å². The molecule has 3 aromatic rings. The molecule has 0 fully saturated rings. The number of nitro benzene ring substituents is 1. The third-order valence-electron chi connectivity index (χ3n) is 4.09. The lowest BCUT2D eigenvalue weighted by atomic mass is 10.1. The number of hydrogen-bond acceptors (Lipinski definition) is 6. The molecule has 0 aliphatic rings. The Morgan fingerprint density at radius 2 is 1.62 bits per heavy atom. The summed E-state index contributed by atoms with van der Waals surface area (Å²) in [5.74, 6) is -0.899. The molecular formula is C20H13F3N2O6S. The molecule has 32 heavy (non-hydrogen) atoms. The largest absolute Gasteiger partial charge is 0.416 e. The lowest BCUT2D eigenvalue weighted by Crippen LogP contribution is -2.13. The second-order valence-corrected chi connectivity index (χ2v) is 7.90. The minimum atomic E-state index is -4.57. The van der Waals surface area contributed by atoms with Crippen LogP contribution in [0.25, 0.3) is 0 Å². The van der Waals surface area contributed by atoms with Gasteiger partial charge in [0.05, 0.1) is 10.5 Å². The average Bonchev–Trinajstić information content (AvgIpc) is 2.73. The number of benzene rings is 3. The first-order valence-corrected chi connectivity index (χ1v) is 10.1. The Hall–Kier alpha value is -3.93. The zero-order valence-corrected chi connectivity index (χ0v) is 16.7. The number of carbonyl (C=O) groups is 1. The summed E-state index contributed by atoms with van der Waals surface area (Å²) in [7, 11) is -4.38. The number of non-ortho nitro benzene ring substituents is 1. The van der Waals surface area contributed by atoms with Crippen molar-refractivity contribution in [2.24, 2.45) is 0 Å². The van der Waals surface area contributed by atoms with Crippen molar-refractivity contribution in [3.05, 3.63) is 94.0 Å². The van der Waals surface area contributed by atoms with Gasteiger partial charge in [-0.3, -0.25) is 14.9 Å². The lowest BCUT2D eigenvalue weighted by Gasteiger charge is -2.10. The van der Waals surface area contributed by atoms with Crippen molar-refractivity contribution >= 4 is 27.4 Å². The maximum Gasteiger partial charge on any atom is 0.416 e. The van der Waals surface area contributed by atoms with Crippen LogP contribution in [0, 0.1) is 10.1 Å². The van der Waals surface area contributed by atoms with Crippen LogP contribution in [0.4, 0.5) is 24.5 Å². The molecule has 0 heterocycles. The molecule has 0 aromatic heterocycles. The topological polar surface area (TPSA) is 116 Å². The molecule has 0 atom stereocenters. The van der Waals surface area contributed by atoms with E-state index in [0.717, 1.165) is 48.5 Å². The Morgan fingerprint density at radius 1 is 0.969 bits per heavy atom. The lowest BCUT2D eigenvalue weighted by molar-refractivity contribution is -0.385. The quantitative estimate of drug-likeness (QED) is 0.322. The molecule has 0 aliphatic carbocycles. The minimum Gasteiger partial charge on any atom is -0.379 e. The summed E-state index contributed by atoms with van der Waals surface area (Å²) in [6.45, 7) is 0. The van der Waals surface area contributed by atoms with Crippen molar-refractivity contribution in [1.29, 1.82) is 0 Å². The van der Waals surface area contributed by atoms with E-state index in [9.17, 15) is 36.5 Å². The van der Waals surface area contributed by atoms with Crippen molar-refractivity contribution in [2.45, 2.75) is 11.1 Å². The fourth-order valence-corrected chi connectivity index (χ4v) is 3.54. The normalized spacial score (nSPS) is 11.6. The van der Waals surface area contributed by atoms with Gasteiger partial charge in [-0.25, -0.2) is 0 Å². The second kappa shape index (κ2) is 8.67. The zero-order valence-electron chi connectivity index (χ0n) is 15.9. The van der Waals surface area contributed by atoms with Crippen LogP contribution in [0.1, 0.15) is 15.9 Å². The fraction of sp³-hybridized carbons (Fsp3) is 0.0500. The number of nitrogens with zero attached hydrogens (tertiary/aromatic N) is 1. The number of carbonyl (C=O) groups excluding carboxylic acids is 1. The Balaban J connectivity index is 1.73. The fourth-order valence-electron chi connectivity index (χ4n) is 2.57. The Labute approximate surface area is 179 Å². The van der Waals surface area contributed by atoms with Crippen LogP contribution >= 0.6 is 0 Å². The number of nitro groups is 1. The molecule has 166 valence electrons. The van der Waals surface area contributed by atoms with Gasteiger partial charge in [-0.15, -0.1) is 0 Å². The molecule has 1 N–H and O–H groups in total. The number of amides is 1. The zero-order chi connectivity index (χ0) is 23.5. The number of anilines is 1. The predicted octanol–water partition coefficient (Wildman–Crippen LogP) is 4.63. The third-order valence-corrected chi connectivity index (χ3v) is 5.33. The number of halogens is 3. The van der Waals surface area contributed by atoms with E-state index in [1.165, 1.54) is 24.3 Å². The van der Waals surface area contributed by atoms with E-state index in [1.807, 2.05) is 0 Å². The highest BCUT2D eigenvalue weighted by Gasteiger charge is 2.30. The number of hydrogen-bond donors (Lipinski definition) is 1. The number of nitrogens with one attached hydrogen (secondary N) is 1. The molecule has 0 bridgehead atoms. The molecule has 0 saturated heterocycles. The maximum atomic E-state index is 12.8. The molecule has 0 radical (unpaired) electrons. The van der Waals surface area contributed by atoms with Gasteiger partial charge in [-0.1, -0.05) is 12.1 Å². The highest BCUT2D eigenvalue weighted by atomic mass is 32.2. The van der Waals surface area contributed by atoms with Gasteiger partial charge in [0.2, 0.25) is 0 Å². The maximum absolute atomic E-state index is 12.8. The summed E-state index contributed by atoms with van der Waals surface area (Å²) in [4.78, 5) is 21.9. The molecule has 0 aliphatic heterocycles. The second-order valence-electron chi connectivity index (χ2n) is 6.35. The van der Waals surface area contributed by atoms with Crippen LogP contribution in [-0.2, 0) is 16.3 Å². The third kappa shape index (κ3) is 5.40. The van der Waals surface area contributed by atoms with Crippen LogP contribution in [0.15, 0.2) is 77.7 Å². The van der Waals surface area contributed by atoms with Gasteiger partial charge in [0, 0.05) is 23.4 Å². The Bertz CT molecular complexity index is 1270. The van der Waals surface area contributed by atoms with E-state index in [0.29, 0.717) is 0 Å². The summed E-state index contributed by atoms with van der Waals surface area (Å²) >= 11 is 0. The van der Waals surface area contributed by atoms with Crippen LogP contribution in [0.5, 0.6) is 5.75 Å². The van der Waals surface area contributed by atoms with Gasteiger partial charge in [0.25, 0.3) is 11.6 Å². The molecule has 0 saturated carbocycles. The molecule has 3 aromatic carbocycles. The molecule has 3 rings (SSSR count). The molecule has 1 amide bonds. The average molecular weight is 466 g/mol. The van der Waals surface area contributed by atoms with Crippen LogP contribution < -0.4 is 9.50 Å². The molecule has 0 unspecified atom stereocenters. The van der Waals surface area contributed by atoms with Gasteiger partial charge >= 0.3 is 16.3 Å². The summed E-state index contributed by atoms with van der Waals surface area (Å²) in [5, 5.41) is 13.1. The summed E-state index contributed by atoms with van der Waals surface area (Å²) in [6, 6.07) is 13.1. The first-order chi connectivity index (χ1) is 15.0.